The number of aliphatic imine (C=N–C) groups is 1. The second-order valence-electron chi connectivity index (χ2n) is 4.76. The highest BCUT2D eigenvalue weighted by atomic mass is 127. The Balaban J connectivity index is 0.00000264. The Morgan fingerprint density at radius 2 is 2.00 bits per heavy atom. The van der Waals surface area contributed by atoms with Crippen molar-refractivity contribution >= 4 is 29.9 Å². The highest BCUT2D eigenvalue weighted by molar-refractivity contribution is 14.0. The summed E-state index contributed by atoms with van der Waals surface area (Å²) in [5, 5.41) is 6.55. The van der Waals surface area contributed by atoms with Crippen LogP contribution in [0.25, 0.3) is 0 Å². The number of halogens is 1. The maximum atomic E-state index is 5.36. The van der Waals surface area contributed by atoms with Crippen LogP contribution in [0.15, 0.2) is 52.1 Å². The molecule has 1 aromatic carbocycles. The largest absolute Gasteiger partial charge is 0.496 e. The minimum atomic E-state index is 0. The highest BCUT2D eigenvalue weighted by Gasteiger charge is 2.03. The Morgan fingerprint density at radius 1 is 1.17 bits per heavy atom. The number of nitrogens with zero attached hydrogens (tertiary/aromatic N) is 1. The van der Waals surface area contributed by atoms with Gasteiger partial charge < -0.3 is 19.8 Å². The normalized spacial score (nSPS) is 10.8. The van der Waals surface area contributed by atoms with E-state index >= 15 is 0 Å². The fourth-order valence-electron chi connectivity index (χ4n) is 2.13. The van der Waals surface area contributed by atoms with Crippen molar-refractivity contribution < 1.29 is 9.15 Å². The summed E-state index contributed by atoms with van der Waals surface area (Å²) in [5.41, 5.74) is 1.18. The maximum Gasteiger partial charge on any atom is 0.191 e. The van der Waals surface area contributed by atoms with Gasteiger partial charge in [0.1, 0.15) is 18.1 Å². The number of furan rings is 1. The summed E-state index contributed by atoms with van der Waals surface area (Å²) in [6.07, 6.45) is 2.53. The third-order valence-corrected chi connectivity index (χ3v) is 3.20. The van der Waals surface area contributed by atoms with E-state index < -0.39 is 0 Å². The van der Waals surface area contributed by atoms with Crippen LogP contribution in [-0.2, 0) is 13.0 Å². The number of methoxy groups -OCH3 is 1. The van der Waals surface area contributed by atoms with E-state index in [2.05, 4.69) is 21.7 Å². The SMILES string of the molecule is CCNC(=NCc1ccco1)NCCc1ccccc1OC.I. The number of ether oxygens (including phenoxy) is 1. The molecule has 0 bridgehead atoms. The van der Waals surface area contributed by atoms with Crippen molar-refractivity contribution in [3.05, 3.63) is 54.0 Å². The van der Waals surface area contributed by atoms with Gasteiger partial charge in [0.05, 0.1) is 13.4 Å². The van der Waals surface area contributed by atoms with Crippen LogP contribution < -0.4 is 15.4 Å². The second-order valence-corrected chi connectivity index (χ2v) is 4.76. The zero-order valence-electron chi connectivity index (χ0n) is 13.5. The lowest BCUT2D eigenvalue weighted by Gasteiger charge is -2.12. The zero-order valence-corrected chi connectivity index (χ0v) is 15.9. The number of nitrogens with one attached hydrogen (secondary N) is 2. The van der Waals surface area contributed by atoms with E-state index in [9.17, 15) is 0 Å². The van der Waals surface area contributed by atoms with Gasteiger partial charge in [0.2, 0.25) is 0 Å². The molecule has 1 aromatic heterocycles. The standard InChI is InChI=1S/C17H23N3O2.HI/c1-3-18-17(20-13-15-8-6-12-22-15)19-11-10-14-7-4-5-9-16(14)21-2;/h4-9,12H,3,10-11,13H2,1-2H3,(H2,18,19,20);1H. The van der Waals surface area contributed by atoms with Gasteiger partial charge >= 0.3 is 0 Å². The molecular weight excluding hydrogens is 405 g/mol. The van der Waals surface area contributed by atoms with Gasteiger partial charge in [0.25, 0.3) is 0 Å². The van der Waals surface area contributed by atoms with E-state index in [1.165, 1.54) is 5.56 Å². The van der Waals surface area contributed by atoms with Crippen LogP contribution in [0.1, 0.15) is 18.2 Å². The van der Waals surface area contributed by atoms with Crippen molar-refractivity contribution in [3.63, 3.8) is 0 Å². The summed E-state index contributed by atoms with van der Waals surface area (Å²) in [6, 6.07) is 11.8. The number of hydrogen-bond acceptors (Lipinski definition) is 3. The van der Waals surface area contributed by atoms with Crippen LogP contribution in [0.3, 0.4) is 0 Å². The summed E-state index contributed by atoms with van der Waals surface area (Å²) in [4.78, 5) is 4.50. The molecule has 6 heteroatoms. The van der Waals surface area contributed by atoms with E-state index in [0.29, 0.717) is 6.54 Å². The predicted octanol–water partition coefficient (Wildman–Crippen LogP) is 3.20. The van der Waals surface area contributed by atoms with Crippen LogP contribution in [0.2, 0.25) is 0 Å². The number of benzene rings is 1. The molecule has 0 radical (unpaired) electrons. The fourth-order valence-corrected chi connectivity index (χ4v) is 2.13. The van der Waals surface area contributed by atoms with Gasteiger partial charge in [-0.3, -0.25) is 0 Å². The molecule has 5 nitrogen and oxygen atoms in total. The first kappa shape index (κ1) is 19.3. The van der Waals surface area contributed by atoms with Crippen LogP contribution in [-0.4, -0.2) is 26.2 Å². The number of para-hydroxylation sites is 1. The van der Waals surface area contributed by atoms with Crippen molar-refractivity contribution in [2.75, 3.05) is 20.2 Å². The molecule has 0 unspecified atom stereocenters. The van der Waals surface area contributed by atoms with E-state index in [-0.39, 0.29) is 24.0 Å². The van der Waals surface area contributed by atoms with E-state index in [4.69, 9.17) is 9.15 Å². The van der Waals surface area contributed by atoms with Crippen molar-refractivity contribution in [3.8, 4) is 5.75 Å². The number of guanidine groups is 1. The Morgan fingerprint density at radius 3 is 2.70 bits per heavy atom. The summed E-state index contributed by atoms with van der Waals surface area (Å²) >= 11 is 0. The summed E-state index contributed by atoms with van der Waals surface area (Å²) in [5.74, 6) is 2.55. The van der Waals surface area contributed by atoms with Crippen molar-refractivity contribution in [1.82, 2.24) is 10.6 Å². The van der Waals surface area contributed by atoms with Gasteiger partial charge in [-0.1, -0.05) is 18.2 Å². The molecule has 126 valence electrons. The molecule has 0 saturated carbocycles. The Kier molecular flexibility index (Phi) is 9.20. The lowest BCUT2D eigenvalue weighted by molar-refractivity contribution is 0.409. The molecule has 2 rings (SSSR count). The molecule has 1 heterocycles. The molecule has 0 amide bonds. The summed E-state index contributed by atoms with van der Waals surface area (Å²) in [6.45, 7) is 4.17. The monoisotopic (exact) mass is 429 g/mol. The van der Waals surface area contributed by atoms with E-state index in [0.717, 1.165) is 37.0 Å². The zero-order chi connectivity index (χ0) is 15.6. The molecule has 23 heavy (non-hydrogen) atoms. The van der Waals surface area contributed by atoms with Crippen LogP contribution in [0.4, 0.5) is 0 Å². The van der Waals surface area contributed by atoms with Crippen molar-refractivity contribution in [1.29, 1.82) is 0 Å². The lowest BCUT2D eigenvalue weighted by Crippen LogP contribution is -2.38. The Hall–Kier alpha value is -1.70. The van der Waals surface area contributed by atoms with E-state index in [1.54, 1.807) is 13.4 Å². The molecule has 0 fully saturated rings. The van der Waals surface area contributed by atoms with Gasteiger partial charge in [-0.15, -0.1) is 24.0 Å². The first-order valence-electron chi connectivity index (χ1n) is 7.50. The average molecular weight is 429 g/mol. The maximum absolute atomic E-state index is 5.36. The molecule has 0 aliphatic heterocycles. The quantitative estimate of drug-likeness (QED) is 0.403. The molecule has 0 aliphatic carbocycles. The van der Waals surface area contributed by atoms with Crippen LogP contribution >= 0.6 is 24.0 Å². The first-order valence-corrected chi connectivity index (χ1v) is 7.50. The number of hydrogen-bond donors (Lipinski definition) is 2. The molecule has 0 spiro atoms. The number of rotatable bonds is 7. The van der Waals surface area contributed by atoms with Crippen molar-refractivity contribution in [2.24, 2.45) is 4.99 Å². The topological polar surface area (TPSA) is 58.8 Å². The molecular formula is C17H24IN3O2. The Labute approximate surface area is 154 Å². The average Bonchev–Trinajstić information content (AvgIpc) is 3.06. The van der Waals surface area contributed by atoms with Crippen LogP contribution in [0.5, 0.6) is 5.75 Å². The molecule has 2 N–H and O–H groups in total. The van der Waals surface area contributed by atoms with Crippen LogP contribution in [0, 0.1) is 0 Å². The van der Waals surface area contributed by atoms with E-state index in [1.807, 2.05) is 37.3 Å². The van der Waals surface area contributed by atoms with Crippen molar-refractivity contribution in [2.45, 2.75) is 19.9 Å². The summed E-state index contributed by atoms with van der Waals surface area (Å²) in [7, 11) is 1.70. The smallest absolute Gasteiger partial charge is 0.191 e. The third kappa shape index (κ3) is 6.52. The predicted molar refractivity (Wildman–Crippen MR) is 104 cm³/mol. The lowest BCUT2D eigenvalue weighted by atomic mass is 10.1. The fraction of sp³-hybridized carbons (Fsp3) is 0.353. The summed E-state index contributed by atoms with van der Waals surface area (Å²) < 4.78 is 10.6. The van der Waals surface area contributed by atoms with Gasteiger partial charge in [0, 0.05) is 13.1 Å². The minimum Gasteiger partial charge on any atom is -0.496 e. The highest BCUT2D eigenvalue weighted by Crippen LogP contribution is 2.17. The second kappa shape index (κ2) is 10.9. The van der Waals surface area contributed by atoms with Gasteiger partial charge in [-0.25, -0.2) is 4.99 Å². The Bertz CT molecular complexity index is 585. The first-order chi connectivity index (χ1) is 10.8. The molecule has 0 atom stereocenters. The van der Waals surface area contributed by atoms with Gasteiger partial charge in [0.15, 0.2) is 5.96 Å². The molecule has 0 saturated heterocycles. The molecule has 0 aliphatic rings. The van der Waals surface area contributed by atoms with Gasteiger partial charge in [-0.05, 0) is 37.1 Å². The minimum absolute atomic E-state index is 0. The molecule has 2 aromatic rings. The van der Waals surface area contributed by atoms with Gasteiger partial charge in [-0.2, -0.15) is 0 Å². The third-order valence-electron chi connectivity index (χ3n) is 3.20.